The van der Waals surface area contributed by atoms with Crippen LogP contribution in [0.2, 0.25) is 0 Å². The van der Waals surface area contributed by atoms with E-state index in [9.17, 15) is 4.79 Å². The molecule has 1 aliphatic heterocycles. The minimum atomic E-state index is 0.310. The highest BCUT2D eigenvalue weighted by Gasteiger charge is 2.16. The van der Waals surface area contributed by atoms with Gasteiger partial charge in [-0.1, -0.05) is 20.8 Å². The molecule has 1 heterocycles. The lowest BCUT2D eigenvalue weighted by Gasteiger charge is -2.12. The van der Waals surface area contributed by atoms with Crippen LogP contribution in [0, 0.1) is 5.92 Å². The van der Waals surface area contributed by atoms with E-state index in [1.54, 1.807) is 0 Å². The summed E-state index contributed by atoms with van der Waals surface area (Å²) in [5.41, 5.74) is 0. The number of amides is 1. The van der Waals surface area contributed by atoms with Crippen molar-refractivity contribution >= 4 is 5.91 Å². The molecule has 1 fully saturated rings. The highest BCUT2D eigenvalue weighted by Crippen LogP contribution is 2.15. The van der Waals surface area contributed by atoms with Gasteiger partial charge in [0.2, 0.25) is 5.91 Å². The molecule has 0 radical (unpaired) electrons. The van der Waals surface area contributed by atoms with Gasteiger partial charge in [0.05, 0.1) is 0 Å². The molecule has 0 aromatic carbocycles. The average molecular weight is 171 g/mol. The molecule has 0 bridgehead atoms. The van der Waals surface area contributed by atoms with Gasteiger partial charge in [-0.3, -0.25) is 4.79 Å². The highest BCUT2D eigenvalue weighted by molar-refractivity contribution is 5.76. The predicted molar refractivity (Wildman–Crippen MR) is 52.0 cm³/mol. The van der Waals surface area contributed by atoms with Gasteiger partial charge in [0, 0.05) is 20.0 Å². The van der Waals surface area contributed by atoms with Crippen LogP contribution in [0.25, 0.3) is 0 Å². The summed E-state index contributed by atoms with van der Waals surface area (Å²) in [7, 11) is 1.89. The van der Waals surface area contributed by atoms with E-state index in [-0.39, 0.29) is 0 Å². The number of carbonyl (C=O) groups excluding carboxylic acids is 1. The molecule has 1 amide bonds. The van der Waals surface area contributed by atoms with Gasteiger partial charge < -0.3 is 4.90 Å². The van der Waals surface area contributed by atoms with E-state index in [1.165, 1.54) is 12.8 Å². The molecule has 0 saturated carbocycles. The van der Waals surface area contributed by atoms with E-state index in [2.05, 4.69) is 6.92 Å². The summed E-state index contributed by atoms with van der Waals surface area (Å²) in [4.78, 5) is 13.0. The zero-order valence-corrected chi connectivity index (χ0v) is 8.76. The normalized spacial score (nSPS) is 24.2. The fraction of sp³-hybridized carbons (Fsp3) is 0.900. The van der Waals surface area contributed by atoms with Crippen LogP contribution in [-0.2, 0) is 4.79 Å². The van der Waals surface area contributed by atoms with Crippen LogP contribution in [0.3, 0.4) is 0 Å². The van der Waals surface area contributed by atoms with Crippen LogP contribution in [0.5, 0.6) is 0 Å². The Morgan fingerprint density at radius 1 is 1.42 bits per heavy atom. The summed E-state index contributed by atoms with van der Waals surface area (Å²) in [6.07, 6.45) is 3.12. The maximum atomic E-state index is 11.2. The van der Waals surface area contributed by atoms with Gasteiger partial charge in [-0.25, -0.2) is 0 Å². The Morgan fingerprint density at radius 2 is 2.00 bits per heavy atom. The Morgan fingerprint density at radius 3 is 2.58 bits per heavy atom. The lowest BCUT2D eigenvalue weighted by Crippen LogP contribution is -2.25. The highest BCUT2D eigenvalue weighted by atomic mass is 16.2. The van der Waals surface area contributed by atoms with Crippen molar-refractivity contribution in [3.05, 3.63) is 0 Å². The van der Waals surface area contributed by atoms with E-state index in [0.717, 1.165) is 13.0 Å². The van der Waals surface area contributed by atoms with Gasteiger partial charge in [0.15, 0.2) is 0 Å². The first-order valence-electron chi connectivity index (χ1n) is 4.94. The molecule has 0 aliphatic carbocycles. The number of likely N-dealkylation sites (tertiary alicyclic amines) is 1. The molecule has 0 aromatic heterocycles. The monoisotopic (exact) mass is 171 g/mol. The SMILES string of the molecule is CC.CC1CCCN(C)C(=O)C1. The Hall–Kier alpha value is -0.530. The number of nitrogens with zero attached hydrogens (tertiary/aromatic N) is 1. The smallest absolute Gasteiger partial charge is 0.222 e. The van der Waals surface area contributed by atoms with Crippen LogP contribution < -0.4 is 0 Å². The minimum absolute atomic E-state index is 0.310. The Labute approximate surface area is 75.9 Å². The second kappa shape index (κ2) is 6.04. The molecule has 12 heavy (non-hydrogen) atoms. The van der Waals surface area contributed by atoms with Crippen LogP contribution in [0.4, 0.5) is 0 Å². The molecule has 2 nitrogen and oxygen atoms in total. The first-order valence-corrected chi connectivity index (χ1v) is 4.94. The summed E-state index contributed by atoms with van der Waals surface area (Å²) in [6, 6.07) is 0. The summed E-state index contributed by atoms with van der Waals surface area (Å²) in [6.45, 7) is 7.10. The predicted octanol–water partition coefficient (Wildman–Crippen LogP) is 2.29. The lowest BCUT2D eigenvalue weighted by atomic mass is 10.0. The number of hydrogen-bond acceptors (Lipinski definition) is 1. The van der Waals surface area contributed by atoms with Crippen molar-refractivity contribution < 1.29 is 4.79 Å². The van der Waals surface area contributed by atoms with Crippen molar-refractivity contribution in [2.75, 3.05) is 13.6 Å². The van der Waals surface area contributed by atoms with Crippen molar-refractivity contribution in [2.24, 2.45) is 5.92 Å². The second-order valence-electron chi connectivity index (χ2n) is 3.27. The average Bonchev–Trinajstić information content (AvgIpc) is 2.19. The molecule has 72 valence electrons. The van der Waals surface area contributed by atoms with Crippen LogP contribution in [-0.4, -0.2) is 24.4 Å². The first-order chi connectivity index (χ1) is 5.70. The van der Waals surface area contributed by atoms with Gasteiger partial charge in [0.25, 0.3) is 0 Å². The van der Waals surface area contributed by atoms with E-state index >= 15 is 0 Å². The Kier molecular flexibility index (Phi) is 5.77. The molecule has 0 N–H and O–H groups in total. The van der Waals surface area contributed by atoms with Crippen molar-refractivity contribution in [2.45, 2.75) is 40.0 Å². The fourth-order valence-corrected chi connectivity index (χ4v) is 1.36. The number of rotatable bonds is 0. The van der Waals surface area contributed by atoms with E-state index in [0.29, 0.717) is 11.8 Å². The van der Waals surface area contributed by atoms with Crippen LogP contribution in [0.15, 0.2) is 0 Å². The van der Waals surface area contributed by atoms with Crippen molar-refractivity contribution in [1.82, 2.24) is 4.90 Å². The molecular formula is C10H21NO. The molecular weight excluding hydrogens is 150 g/mol. The first kappa shape index (κ1) is 11.5. The fourth-order valence-electron chi connectivity index (χ4n) is 1.36. The largest absolute Gasteiger partial charge is 0.346 e. The summed E-state index contributed by atoms with van der Waals surface area (Å²) < 4.78 is 0. The van der Waals surface area contributed by atoms with E-state index in [4.69, 9.17) is 0 Å². The summed E-state index contributed by atoms with van der Waals surface area (Å²) in [5, 5.41) is 0. The molecule has 1 rings (SSSR count). The van der Waals surface area contributed by atoms with Gasteiger partial charge >= 0.3 is 0 Å². The van der Waals surface area contributed by atoms with Crippen LogP contribution in [0.1, 0.15) is 40.0 Å². The van der Waals surface area contributed by atoms with Crippen molar-refractivity contribution in [3.8, 4) is 0 Å². The zero-order valence-electron chi connectivity index (χ0n) is 8.76. The minimum Gasteiger partial charge on any atom is -0.346 e. The Balaban J connectivity index is 0.000000561. The van der Waals surface area contributed by atoms with Gasteiger partial charge in [0.1, 0.15) is 0 Å². The maximum absolute atomic E-state index is 11.2. The number of carbonyl (C=O) groups is 1. The topological polar surface area (TPSA) is 20.3 Å². The summed E-state index contributed by atoms with van der Waals surface area (Å²) >= 11 is 0. The van der Waals surface area contributed by atoms with Crippen LogP contribution >= 0.6 is 0 Å². The lowest BCUT2D eigenvalue weighted by molar-refractivity contribution is -0.129. The second-order valence-corrected chi connectivity index (χ2v) is 3.27. The zero-order chi connectivity index (χ0) is 9.56. The third-order valence-corrected chi connectivity index (χ3v) is 2.14. The standard InChI is InChI=1S/C8H15NO.C2H6/c1-7-4-3-5-9(2)8(10)6-7;1-2/h7H,3-6H2,1-2H3;1-2H3. The summed E-state index contributed by atoms with van der Waals surface area (Å²) in [5.74, 6) is 0.905. The third kappa shape index (κ3) is 3.74. The third-order valence-electron chi connectivity index (χ3n) is 2.14. The molecule has 1 unspecified atom stereocenters. The van der Waals surface area contributed by atoms with Gasteiger partial charge in [-0.2, -0.15) is 0 Å². The van der Waals surface area contributed by atoms with Gasteiger partial charge in [-0.15, -0.1) is 0 Å². The van der Waals surface area contributed by atoms with Crippen molar-refractivity contribution in [1.29, 1.82) is 0 Å². The molecule has 0 spiro atoms. The quantitative estimate of drug-likeness (QED) is 0.547. The molecule has 0 aromatic rings. The number of hydrogen-bond donors (Lipinski definition) is 0. The van der Waals surface area contributed by atoms with Gasteiger partial charge in [-0.05, 0) is 18.8 Å². The molecule has 2 heteroatoms. The van der Waals surface area contributed by atoms with Crippen molar-refractivity contribution in [3.63, 3.8) is 0 Å². The molecule has 1 saturated heterocycles. The van der Waals surface area contributed by atoms with E-state index in [1.807, 2.05) is 25.8 Å². The Bertz CT molecular complexity index is 134. The molecule has 1 atom stereocenters. The maximum Gasteiger partial charge on any atom is 0.222 e. The van der Waals surface area contributed by atoms with E-state index < -0.39 is 0 Å². The molecule has 1 aliphatic rings.